The molecule has 0 aliphatic rings. The maximum atomic E-state index is 11.1. The van der Waals surface area contributed by atoms with Gasteiger partial charge in [-0.3, -0.25) is 4.79 Å². The number of aromatic nitrogens is 3. The van der Waals surface area contributed by atoms with E-state index in [1.807, 2.05) is 55.7 Å². The van der Waals surface area contributed by atoms with Crippen LogP contribution < -0.4 is 9.64 Å². The van der Waals surface area contributed by atoms with E-state index < -0.39 is 5.97 Å². The number of hydrogen-bond donors (Lipinski definition) is 2. The Morgan fingerprint density at radius 3 is 2.66 bits per heavy atom. The number of H-pyrrole nitrogens is 1. The van der Waals surface area contributed by atoms with Gasteiger partial charge in [-0.15, -0.1) is 0 Å². The molecule has 4 aromatic rings. The van der Waals surface area contributed by atoms with Gasteiger partial charge in [0.05, 0.1) is 13.0 Å². The van der Waals surface area contributed by atoms with Crippen LogP contribution in [-0.2, 0) is 17.8 Å². The van der Waals surface area contributed by atoms with Crippen molar-refractivity contribution < 1.29 is 14.6 Å². The topological polar surface area (TPSA) is 91.3 Å². The number of nitrogens with one attached hydrogen (secondary N) is 1. The summed E-state index contributed by atoms with van der Waals surface area (Å²) in [5.41, 5.74) is 3.88. The van der Waals surface area contributed by atoms with Crippen molar-refractivity contribution in [2.75, 3.05) is 18.1 Å². The van der Waals surface area contributed by atoms with Crippen molar-refractivity contribution in [2.24, 2.45) is 0 Å². The molecule has 0 saturated heterocycles. The van der Waals surface area contributed by atoms with Crippen molar-refractivity contribution in [3.8, 4) is 5.75 Å². The van der Waals surface area contributed by atoms with Gasteiger partial charge in [-0.2, -0.15) is 0 Å². The van der Waals surface area contributed by atoms with Crippen molar-refractivity contribution in [3.05, 3.63) is 83.8 Å². The molecule has 7 heteroatoms. The summed E-state index contributed by atoms with van der Waals surface area (Å²) in [5, 5.41) is 9.97. The Balaban J connectivity index is 1.39. The van der Waals surface area contributed by atoms with E-state index in [2.05, 4.69) is 32.0 Å². The number of nitrogens with zero attached hydrogens (tertiary/aromatic N) is 3. The van der Waals surface area contributed by atoms with Crippen LogP contribution in [-0.4, -0.2) is 39.2 Å². The second-order valence-corrected chi connectivity index (χ2v) is 7.76. The van der Waals surface area contributed by atoms with Crippen molar-refractivity contribution in [1.29, 1.82) is 0 Å². The minimum atomic E-state index is -0.853. The lowest BCUT2D eigenvalue weighted by Crippen LogP contribution is -2.27. The van der Waals surface area contributed by atoms with Crippen LogP contribution >= 0.6 is 0 Å². The first kappa shape index (κ1) is 21.4. The summed E-state index contributed by atoms with van der Waals surface area (Å²) < 4.78 is 5.97. The molecule has 0 fully saturated rings. The fourth-order valence-corrected chi connectivity index (χ4v) is 3.60. The molecule has 0 atom stereocenters. The van der Waals surface area contributed by atoms with Gasteiger partial charge in [-0.05, 0) is 48.2 Å². The maximum absolute atomic E-state index is 11.1. The molecule has 2 N–H and O–H groups in total. The number of anilines is 1. The number of aromatic amines is 1. The number of aliphatic carboxylic acids is 1. The smallest absolute Gasteiger partial charge is 0.307 e. The summed E-state index contributed by atoms with van der Waals surface area (Å²) in [4.78, 5) is 25.3. The molecule has 2 aromatic carbocycles. The molecule has 0 radical (unpaired) electrons. The zero-order valence-corrected chi connectivity index (χ0v) is 18.0. The number of ether oxygens (including phenoxy) is 1. The number of hydrogen-bond acceptors (Lipinski definition) is 5. The highest BCUT2D eigenvalue weighted by Crippen LogP contribution is 2.24. The van der Waals surface area contributed by atoms with Crippen LogP contribution in [0.25, 0.3) is 10.9 Å². The minimum Gasteiger partial charge on any atom is -0.494 e. The number of aryl methyl sites for hydroxylation is 1. The molecule has 7 nitrogen and oxygen atoms in total. The fraction of sp³-hybridized carbons (Fsp3) is 0.240. The Labute approximate surface area is 186 Å². The number of carboxylic acids is 1. The van der Waals surface area contributed by atoms with Gasteiger partial charge in [0.1, 0.15) is 5.75 Å². The van der Waals surface area contributed by atoms with E-state index >= 15 is 0 Å². The molecule has 2 heterocycles. The van der Waals surface area contributed by atoms with Gasteiger partial charge >= 0.3 is 5.97 Å². The molecule has 0 aliphatic heterocycles. The minimum absolute atomic E-state index is 0.0194. The summed E-state index contributed by atoms with van der Waals surface area (Å²) in [5.74, 6) is 0.575. The van der Waals surface area contributed by atoms with Crippen molar-refractivity contribution in [1.82, 2.24) is 15.0 Å². The molecular weight excluding hydrogens is 404 g/mol. The standard InChI is InChI=1S/C25H26N4O3/c1-18-14-27-25(28-15-18)29(17-19-6-3-2-4-7-19)10-5-11-32-21-8-9-23-22(13-21)20(16-26-23)12-24(30)31/h2-4,6-9,13-16,26H,5,10-12,17H2,1H3,(H,30,31). The van der Waals surface area contributed by atoms with Gasteiger partial charge in [0, 0.05) is 42.6 Å². The lowest BCUT2D eigenvalue weighted by molar-refractivity contribution is -0.136. The average molecular weight is 431 g/mol. The van der Waals surface area contributed by atoms with Crippen molar-refractivity contribution in [3.63, 3.8) is 0 Å². The van der Waals surface area contributed by atoms with E-state index in [-0.39, 0.29) is 6.42 Å². The summed E-state index contributed by atoms with van der Waals surface area (Å²) in [6, 6.07) is 16.0. The Hall–Kier alpha value is -3.87. The third-order valence-corrected chi connectivity index (χ3v) is 5.19. The number of benzene rings is 2. The zero-order chi connectivity index (χ0) is 22.3. The third kappa shape index (κ3) is 5.43. The van der Waals surface area contributed by atoms with E-state index in [0.717, 1.165) is 47.3 Å². The first-order chi connectivity index (χ1) is 15.6. The first-order valence-corrected chi connectivity index (χ1v) is 10.6. The van der Waals surface area contributed by atoms with Crippen LogP contribution in [0.4, 0.5) is 5.95 Å². The maximum Gasteiger partial charge on any atom is 0.307 e. The number of rotatable bonds is 10. The van der Waals surface area contributed by atoms with Gasteiger partial charge in [0.15, 0.2) is 0 Å². The molecule has 0 saturated carbocycles. The monoisotopic (exact) mass is 430 g/mol. The van der Waals surface area contributed by atoms with Gasteiger partial charge in [0.2, 0.25) is 5.95 Å². The highest BCUT2D eigenvalue weighted by molar-refractivity contribution is 5.88. The van der Waals surface area contributed by atoms with Gasteiger partial charge in [-0.1, -0.05) is 30.3 Å². The largest absolute Gasteiger partial charge is 0.494 e. The van der Waals surface area contributed by atoms with E-state index in [1.54, 1.807) is 6.20 Å². The quantitative estimate of drug-likeness (QED) is 0.363. The predicted molar refractivity (Wildman–Crippen MR) is 124 cm³/mol. The van der Waals surface area contributed by atoms with Crippen LogP contribution in [0.2, 0.25) is 0 Å². The number of fused-ring (bicyclic) bond motifs is 1. The van der Waals surface area contributed by atoms with Gasteiger partial charge in [0.25, 0.3) is 0 Å². The summed E-state index contributed by atoms with van der Waals surface area (Å²) >= 11 is 0. The zero-order valence-electron chi connectivity index (χ0n) is 18.0. The summed E-state index contributed by atoms with van der Waals surface area (Å²) in [6.07, 6.45) is 6.17. The normalized spacial score (nSPS) is 10.9. The Morgan fingerprint density at radius 2 is 1.91 bits per heavy atom. The lowest BCUT2D eigenvalue weighted by atomic mass is 10.1. The van der Waals surface area contributed by atoms with Crippen LogP contribution in [0, 0.1) is 6.92 Å². The van der Waals surface area contributed by atoms with E-state index in [9.17, 15) is 4.79 Å². The molecule has 2 aromatic heterocycles. The number of carbonyl (C=O) groups is 1. The molecule has 4 rings (SSSR count). The molecule has 0 aliphatic carbocycles. The average Bonchev–Trinajstić information content (AvgIpc) is 3.18. The molecule has 0 bridgehead atoms. The molecule has 164 valence electrons. The van der Waals surface area contributed by atoms with Crippen LogP contribution in [0.1, 0.15) is 23.1 Å². The van der Waals surface area contributed by atoms with E-state index in [1.165, 1.54) is 5.56 Å². The Morgan fingerprint density at radius 1 is 1.12 bits per heavy atom. The second kappa shape index (κ2) is 9.96. The van der Waals surface area contributed by atoms with Crippen molar-refractivity contribution >= 4 is 22.8 Å². The summed E-state index contributed by atoms with van der Waals surface area (Å²) in [7, 11) is 0. The van der Waals surface area contributed by atoms with Crippen LogP contribution in [0.3, 0.4) is 0 Å². The SMILES string of the molecule is Cc1cnc(N(CCCOc2ccc3[nH]cc(CC(=O)O)c3c2)Cc2ccccc2)nc1. The highest BCUT2D eigenvalue weighted by atomic mass is 16.5. The molecular formula is C25H26N4O3. The van der Waals surface area contributed by atoms with Crippen molar-refractivity contribution in [2.45, 2.75) is 26.3 Å². The van der Waals surface area contributed by atoms with Crippen LogP contribution in [0.15, 0.2) is 67.1 Å². The molecule has 0 unspecified atom stereocenters. The van der Waals surface area contributed by atoms with E-state index in [0.29, 0.717) is 12.6 Å². The summed E-state index contributed by atoms with van der Waals surface area (Å²) in [6.45, 7) is 3.97. The molecule has 32 heavy (non-hydrogen) atoms. The Kier molecular flexibility index (Phi) is 6.65. The third-order valence-electron chi connectivity index (χ3n) is 5.19. The van der Waals surface area contributed by atoms with Gasteiger partial charge < -0.3 is 19.7 Å². The van der Waals surface area contributed by atoms with Gasteiger partial charge in [-0.25, -0.2) is 9.97 Å². The predicted octanol–water partition coefficient (Wildman–Crippen LogP) is 4.37. The molecule has 0 spiro atoms. The van der Waals surface area contributed by atoms with Crippen LogP contribution in [0.5, 0.6) is 5.75 Å². The Bertz CT molecular complexity index is 1170. The number of carboxylic acid groups (broad SMARTS) is 1. The molecule has 0 amide bonds. The highest BCUT2D eigenvalue weighted by Gasteiger charge is 2.11. The first-order valence-electron chi connectivity index (χ1n) is 10.6. The second-order valence-electron chi connectivity index (χ2n) is 7.76. The lowest BCUT2D eigenvalue weighted by Gasteiger charge is -2.23. The fourth-order valence-electron chi connectivity index (χ4n) is 3.60. The van der Waals surface area contributed by atoms with E-state index in [4.69, 9.17) is 9.84 Å².